The Morgan fingerprint density at radius 3 is 2.67 bits per heavy atom. The van der Waals surface area contributed by atoms with E-state index in [0.717, 1.165) is 17.1 Å². The number of ether oxygens (including phenoxy) is 2. The molecule has 1 heterocycles. The average molecular weight is 293 g/mol. The zero-order valence-electron chi connectivity index (χ0n) is 11.8. The molecule has 0 atom stereocenters. The number of carboxylic acids is 1. The second-order valence-corrected chi connectivity index (χ2v) is 4.83. The fourth-order valence-corrected chi connectivity index (χ4v) is 2.08. The molecule has 1 aromatic rings. The third kappa shape index (κ3) is 4.98. The molecule has 21 heavy (non-hydrogen) atoms. The van der Waals surface area contributed by atoms with Crippen LogP contribution in [0.4, 0.5) is 0 Å². The van der Waals surface area contributed by atoms with Crippen molar-refractivity contribution in [1.82, 2.24) is 5.32 Å². The van der Waals surface area contributed by atoms with Crippen molar-refractivity contribution in [2.75, 3.05) is 19.8 Å². The van der Waals surface area contributed by atoms with Gasteiger partial charge in [0.15, 0.2) is 11.5 Å². The van der Waals surface area contributed by atoms with Crippen LogP contribution in [0, 0.1) is 0 Å². The lowest BCUT2D eigenvalue weighted by atomic mass is 10.1. The molecule has 0 radical (unpaired) electrons. The van der Waals surface area contributed by atoms with Gasteiger partial charge in [0.25, 0.3) is 0 Å². The van der Waals surface area contributed by atoms with Gasteiger partial charge < -0.3 is 19.9 Å². The highest BCUT2D eigenvalue weighted by Crippen LogP contribution is 2.30. The van der Waals surface area contributed by atoms with E-state index in [1.165, 1.54) is 0 Å². The van der Waals surface area contributed by atoms with Crippen LogP contribution in [0.5, 0.6) is 11.5 Å². The highest BCUT2D eigenvalue weighted by atomic mass is 16.6. The van der Waals surface area contributed by atoms with Gasteiger partial charge in [0, 0.05) is 19.4 Å². The molecule has 0 unspecified atom stereocenters. The fraction of sp³-hybridized carbons (Fsp3) is 0.467. The minimum Gasteiger partial charge on any atom is -0.486 e. The summed E-state index contributed by atoms with van der Waals surface area (Å²) in [4.78, 5) is 21.8. The Balaban J connectivity index is 1.71. The summed E-state index contributed by atoms with van der Waals surface area (Å²) in [6.45, 7) is 1.64. The van der Waals surface area contributed by atoms with Gasteiger partial charge in [-0.25, -0.2) is 0 Å². The van der Waals surface area contributed by atoms with Crippen molar-refractivity contribution in [1.29, 1.82) is 0 Å². The predicted molar refractivity (Wildman–Crippen MR) is 75.6 cm³/mol. The first-order valence-corrected chi connectivity index (χ1v) is 7.02. The molecule has 0 saturated carbocycles. The summed E-state index contributed by atoms with van der Waals surface area (Å²) in [5.74, 6) is 0.502. The second-order valence-electron chi connectivity index (χ2n) is 4.83. The van der Waals surface area contributed by atoms with Crippen LogP contribution in [-0.2, 0) is 16.0 Å². The molecule has 6 nitrogen and oxygen atoms in total. The summed E-state index contributed by atoms with van der Waals surface area (Å²) in [6, 6.07) is 5.74. The Kier molecular flexibility index (Phi) is 5.43. The van der Waals surface area contributed by atoms with Crippen LogP contribution in [0.2, 0.25) is 0 Å². The van der Waals surface area contributed by atoms with Gasteiger partial charge >= 0.3 is 5.97 Å². The average Bonchev–Trinajstić information content (AvgIpc) is 2.47. The topological polar surface area (TPSA) is 84.9 Å². The van der Waals surface area contributed by atoms with E-state index in [1.54, 1.807) is 0 Å². The number of nitrogens with one attached hydrogen (secondary N) is 1. The summed E-state index contributed by atoms with van der Waals surface area (Å²) in [6.07, 6.45) is 1.33. The highest BCUT2D eigenvalue weighted by molar-refractivity contribution is 5.76. The quantitative estimate of drug-likeness (QED) is 0.793. The van der Waals surface area contributed by atoms with Gasteiger partial charge in [0.2, 0.25) is 5.91 Å². The maximum Gasteiger partial charge on any atom is 0.303 e. The van der Waals surface area contributed by atoms with Crippen molar-refractivity contribution in [3.05, 3.63) is 23.8 Å². The molecule has 0 fully saturated rings. The van der Waals surface area contributed by atoms with Gasteiger partial charge in [-0.3, -0.25) is 9.59 Å². The summed E-state index contributed by atoms with van der Waals surface area (Å²) >= 11 is 0. The maximum atomic E-state index is 11.5. The third-order valence-electron chi connectivity index (χ3n) is 3.14. The van der Waals surface area contributed by atoms with Gasteiger partial charge in [0.1, 0.15) is 13.2 Å². The lowest BCUT2D eigenvalue weighted by molar-refractivity contribution is -0.137. The number of hydrogen-bond acceptors (Lipinski definition) is 4. The van der Waals surface area contributed by atoms with Crippen LogP contribution in [0.3, 0.4) is 0 Å². The minimum atomic E-state index is -0.876. The highest BCUT2D eigenvalue weighted by Gasteiger charge is 2.11. The molecule has 2 N–H and O–H groups in total. The Labute approximate surface area is 123 Å². The molecule has 6 heteroatoms. The Bertz CT molecular complexity index is 515. The molecule has 0 bridgehead atoms. The van der Waals surface area contributed by atoms with E-state index in [9.17, 15) is 9.59 Å². The van der Waals surface area contributed by atoms with Crippen molar-refractivity contribution >= 4 is 11.9 Å². The number of carboxylic acid groups (broad SMARTS) is 1. The molecule has 0 spiro atoms. The lowest BCUT2D eigenvalue weighted by Crippen LogP contribution is -2.25. The predicted octanol–water partition coefficient (Wildman–Crippen LogP) is 1.37. The number of aliphatic carboxylic acids is 1. The number of fused-ring (bicyclic) bond motifs is 1. The Morgan fingerprint density at radius 1 is 1.14 bits per heavy atom. The molecule has 0 aliphatic carbocycles. The zero-order chi connectivity index (χ0) is 15.1. The zero-order valence-corrected chi connectivity index (χ0v) is 11.8. The first-order chi connectivity index (χ1) is 10.1. The van der Waals surface area contributed by atoms with Gasteiger partial charge in [0.05, 0.1) is 0 Å². The second kappa shape index (κ2) is 7.52. The maximum absolute atomic E-state index is 11.5. The van der Waals surface area contributed by atoms with Gasteiger partial charge in [-0.05, 0) is 30.5 Å². The SMILES string of the molecule is O=C(O)CCCC(=O)NCCc1ccc2c(c1)OCCO2. The van der Waals surface area contributed by atoms with E-state index in [1.807, 2.05) is 18.2 Å². The van der Waals surface area contributed by atoms with Crippen LogP contribution >= 0.6 is 0 Å². The molecule has 1 aromatic carbocycles. The largest absolute Gasteiger partial charge is 0.486 e. The molecule has 1 aliphatic rings. The number of rotatable bonds is 7. The normalized spacial score (nSPS) is 12.8. The Morgan fingerprint density at radius 2 is 1.90 bits per heavy atom. The van der Waals surface area contributed by atoms with Crippen LogP contribution in [0.15, 0.2) is 18.2 Å². The van der Waals surface area contributed by atoms with Crippen LogP contribution in [-0.4, -0.2) is 36.7 Å². The van der Waals surface area contributed by atoms with Crippen molar-refractivity contribution in [3.63, 3.8) is 0 Å². The molecule has 2 rings (SSSR count). The molecule has 1 amide bonds. The van der Waals surface area contributed by atoms with Crippen molar-refractivity contribution in [3.8, 4) is 11.5 Å². The molecular formula is C15H19NO5. The Hall–Kier alpha value is -2.24. The van der Waals surface area contributed by atoms with Crippen LogP contribution < -0.4 is 14.8 Å². The fourth-order valence-electron chi connectivity index (χ4n) is 2.08. The van der Waals surface area contributed by atoms with Gasteiger partial charge in [-0.15, -0.1) is 0 Å². The number of hydrogen-bond donors (Lipinski definition) is 2. The summed E-state index contributed by atoms with van der Waals surface area (Å²) in [5.41, 5.74) is 1.06. The van der Waals surface area contributed by atoms with Crippen LogP contribution in [0.25, 0.3) is 0 Å². The van der Waals surface area contributed by atoms with Crippen molar-refractivity contribution < 1.29 is 24.2 Å². The van der Waals surface area contributed by atoms with E-state index in [0.29, 0.717) is 32.6 Å². The molecule has 114 valence electrons. The number of carbonyl (C=O) groups excluding carboxylic acids is 1. The summed E-state index contributed by atoms with van der Waals surface area (Å²) in [5, 5.41) is 11.3. The van der Waals surface area contributed by atoms with Crippen molar-refractivity contribution in [2.24, 2.45) is 0 Å². The number of amides is 1. The van der Waals surface area contributed by atoms with E-state index >= 15 is 0 Å². The lowest BCUT2D eigenvalue weighted by Gasteiger charge is -2.18. The smallest absolute Gasteiger partial charge is 0.303 e. The third-order valence-corrected chi connectivity index (χ3v) is 3.14. The summed E-state index contributed by atoms with van der Waals surface area (Å²) in [7, 11) is 0. The van der Waals surface area contributed by atoms with Gasteiger partial charge in [-0.2, -0.15) is 0 Å². The number of benzene rings is 1. The summed E-state index contributed by atoms with van der Waals surface area (Å²) < 4.78 is 10.9. The van der Waals surface area contributed by atoms with E-state index < -0.39 is 5.97 Å². The van der Waals surface area contributed by atoms with Gasteiger partial charge in [-0.1, -0.05) is 6.07 Å². The monoisotopic (exact) mass is 293 g/mol. The van der Waals surface area contributed by atoms with Crippen molar-refractivity contribution in [2.45, 2.75) is 25.7 Å². The molecular weight excluding hydrogens is 274 g/mol. The van der Waals surface area contributed by atoms with E-state index in [-0.39, 0.29) is 18.7 Å². The van der Waals surface area contributed by atoms with E-state index in [2.05, 4.69) is 5.32 Å². The number of carbonyl (C=O) groups is 2. The van der Waals surface area contributed by atoms with Crippen LogP contribution in [0.1, 0.15) is 24.8 Å². The molecule has 1 aliphatic heterocycles. The first kappa shape index (κ1) is 15.2. The molecule has 0 aromatic heterocycles. The molecule has 0 saturated heterocycles. The minimum absolute atomic E-state index is 0.0234. The first-order valence-electron chi connectivity index (χ1n) is 7.02. The van der Waals surface area contributed by atoms with E-state index in [4.69, 9.17) is 14.6 Å². The standard InChI is InChI=1S/C15H19NO5/c17-14(2-1-3-15(18)19)16-7-6-11-4-5-12-13(10-11)21-9-8-20-12/h4-5,10H,1-3,6-9H2,(H,16,17)(H,18,19).